The van der Waals surface area contributed by atoms with Gasteiger partial charge in [0.2, 0.25) is 10.0 Å². The molecule has 0 bridgehead atoms. The number of rotatable bonds is 3. The summed E-state index contributed by atoms with van der Waals surface area (Å²) in [5.41, 5.74) is 3.24. The predicted molar refractivity (Wildman–Crippen MR) is 113 cm³/mol. The third-order valence-electron chi connectivity index (χ3n) is 5.78. The van der Waals surface area contributed by atoms with Gasteiger partial charge in [0.1, 0.15) is 0 Å². The van der Waals surface area contributed by atoms with E-state index in [4.69, 9.17) is 9.90 Å². The monoisotopic (exact) mass is 471 g/mol. The maximum absolute atomic E-state index is 12.2. The summed E-state index contributed by atoms with van der Waals surface area (Å²) in [4.78, 5) is 15.5. The first kappa shape index (κ1) is 24.0. The molecule has 174 valence electrons. The first-order valence-electron chi connectivity index (χ1n) is 9.91. The van der Waals surface area contributed by atoms with E-state index in [1.807, 2.05) is 30.5 Å². The highest BCUT2D eigenvalue weighted by Crippen LogP contribution is 2.47. The highest BCUT2D eigenvalue weighted by Gasteiger charge is 2.46. The minimum absolute atomic E-state index is 0.0505. The van der Waals surface area contributed by atoms with Crippen LogP contribution in [0.5, 0.6) is 0 Å². The number of halogens is 3. The summed E-state index contributed by atoms with van der Waals surface area (Å²) in [6, 6.07) is 12.1. The number of para-hydroxylation sites is 1. The molecule has 2 aliphatic rings. The second-order valence-corrected chi connectivity index (χ2v) is 9.91. The number of anilines is 1. The molecule has 0 amide bonds. The van der Waals surface area contributed by atoms with Gasteiger partial charge in [-0.1, -0.05) is 24.3 Å². The molecule has 1 N–H and O–H groups in total. The van der Waals surface area contributed by atoms with E-state index in [2.05, 4.69) is 22.0 Å². The van der Waals surface area contributed by atoms with Crippen molar-refractivity contribution in [3.8, 4) is 0 Å². The highest BCUT2D eigenvalue weighted by atomic mass is 32.2. The van der Waals surface area contributed by atoms with Crippen LogP contribution in [0.4, 0.5) is 18.9 Å². The van der Waals surface area contributed by atoms with E-state index in [9.17, 15) is 21.6 Å². The molecule has 3 heterocycles. The molecular formula is C21H24F3N3O4S. The number of fused-ring (bicyclic) bond motifs is 2. The Balaban J connectivity index is 0.000000360. The summed E-state index contributed by atoms with van der Waals surface area (Å²) < 4.78 is 57.8. The number of aromatic nitrogens is 1. The van der Waals surface area contributed by atoms with Gasteiger partial charge in [0.05, 0.1) is 11.9 Å². The van der Waals surface area contributed by atoms with Crippen LogP contribution in [0.2, 0.25) is 0 Å². The molecule has 0 saturated carbocycles. The van der Waals surface area contributed by atoms with Crippen molar-refractivity contribution in [3.63, 3.8) is 0 Å². The van der Waals surface area contributed by atoms with Gasteiger partial charge in [0.15, 0.2) is 0 Å². The third-order valence-corrected chi connectivity index (χ3v) is 6.90. The van der Waals surface area contributed by atoms with Gasteiger partial charge in [-0.2, -0.15) is 13.2 Å². The lowest BCUT2D eigenvalue weighted by molar-refractivity contribution is -0.192. The lowest BCUT2D eigenvalue weighted by Gasteiger charge is -2.39. The number of carboxylic acid groups (broad SMARTS) is 1. The van der Waals surface area contributed by atoms with Crippen molar-refractivity contribution in [1.29, 1.82) is 0 Å². The Labute approximate surface area is 184 Å². The van der Waals surface area contributed by atoms with Crippen molar-refractivity contribution in [2.24, 2.45) is 0 Å². The lowest BCUT2D eigenvalue weighted by atomic mass is 9.74. The third kappa shape index (κ3) is 5.39. The quantitative estimate of drug-likeness (QED) is 0.740. The Hall–Kier alpha value is -2.66. The minimum Gasteiger partial charge on any atom is -0.475 e. The van der Waals surface area contributed by atoms with E-state index in [-0.39, 0.29) is 5.41 Å². The smallest absolute Gasteiger partial charge is 0.475 e. The fraction of sp³-hybridized carbons (Fsp3) is 0.429. The van der Waals surface area contributed by atoms with Gasteiger partial charge in [-0.15, -0.1) is 0 Å². The maximum atomic E-state index is 12.2. The molecule has 1 aromatic carbocycles. The molecular weight excluding hydrogens is 447 g/mol. The SMILES string of the molecule is CS(=O)(=O)N1CC2(CCN(Cc3cccnc3)CC2)c2ccccc21.O=C(O)C(F)(F)F. The molecule has 1 spiro atoms. The lowest BCUT2D eigenvalue weighted by Crippen LogP contribution is -2.45. The summed E-state index contributed by atoms with van der Waals surface area (Å²) >= 11 is 0. The fourth-order valence-corrected chi connectivity index (χ4v) is 5.20. The van der Waals surface area contributed by atoms with Crippen LogP contribution in [0.1, 0.15) is 24.0 Å². The number of likely N-dealkylation sites (tertiary alicyclic amines) is 1. The van der Waals surface area contributed by atoms with Crippen LogP contribution in [0, 0.1) is 0 Å². The van der Waals surface area contributed by atoms with Gasteiger partial charge < -0.3 is 5.11 Å². The largest absolute Gasteiger partial charge is 0.490 e. The van der Waals surface area contributed by atoms with Crippen LogP contribution >= 0.6 is 0 Å². The molecule has 2 aromatic rings. The number of nitrogens with zero attached hydrogens (tertiary/aromatic N) is 3. The number of pyridine rings is 1. The molecule has 1 saturated heterocycles. The van der Waals surface area contributed by atoms with E-state index >= 15 is 0 Å². The van der Waals surface area contributed by atoms with E-state index in [1.165, 1.54) is 17.4 Å². The molecule has 0 atom stereocenters. The number of aliphatic carboxylic acids is 1. The Kier molecular flexibility index (Phi) is 6.80. The van der Waals surface area contributed by atoms with Crippen LogP contribution in [0.3, 0.4) is 0 Å². The number of piperidine rings is 1. The molecule has 7 nitrogen and oxygen atoms in total. The second kappa shape index (κ2) is 9.07. The number of carbonyl (C=O) groups is 1. The topological polar surface area (TPSA) is 90.8 Å². The summed E-state index contributed by atoms with van der Waals surface area (Å²) in [6.07, 6.45) is 1.90. The normalized spacial score (nSPS) is 18.1. The van der Waals surface area contributed by atoms with Crippen LogP contribution < -0.4 is 4.31 Å². The standard InChI is InChI=1S/C19H23N3O2S.C2HF3O2/c1-25(23,24)22-15-19(17-6-2-3-7-18(17)22)8-11-21(12-9-19)14-16-5-4-10-20-13-16;3-2(4,5)1(6)7/h2-7,10,13H,8-9,11-12,14-15H2,1H3;(H,6,7). The van der Waals surface area contributed by atoms with Gasteiger partial charge in [0.25, 0.3) is 0 Å². The van der Waals surface area contributed by atoms with Crippen LogP contribution in [-0.2, 0) is 26.8 Å². The van der Waals surface area contributed by atoms with Crippen molar-refractivity contribution in [1.82, 2.24) is 9.88 Å². The van der Waals surface area contributed by atoms with Crippen LogP contribution in [0.15, 0.2) is 48.8 Å². The molecule has 4 rings (SSSR count). The van der Waals surface area contributed by atoms with Crippen molar-refractivity contribution in [2.45, 2.75) is 31.0 Å². The molecule has 0 unspecified atom stereocenters. The zero-order valence-corrected chi connectivity index (χ0v) is 18.2. The maximum Gasteiger partial charge on any atom is 0.490 e. The molecule has 1 aromatic heterocycles. The van der Waals surface area contributed by atoms with Crippen molar-refractivity contribution >= 4 is 21.7 Å². The summed E-state index contributed by atoms with van der Waals surface area (Å²) in [5, 5.41) is 7.12. The first-order chi connectivity index (χ1) is 14.9. The Bertz CT molecular complexity index is 1050. The number of alkyl halides is 3. The van der Waals surface area contributed by atoms with Crippen LogP contribution in [-0.4, -0.2) is 61.4 Å². The first-order valence-corrected chi connectivity index (χ1v) is 11.8. The van der Waals surface area contributed by atoms with E-state index in [1.54, 1.807) is 10.5 Å². The molecule has 0 aliphatic carbocycles. The van der Waals surface area contributed by atoms with Gasteiger partial charge in [0, 0.05) is 30.9 Å². The number of benzene rings is 1. The number of sulfonamides is 1. The van der Waals surface area contributed by atoms with Gasteiger partial charge >= 0.3 is 12.1 Å². The van der Waals surface area contributed by atoms with Crippen molar-refractivity contribution in [3.05, 3.63) is 59.9 Å². The summed E-state index contributed by atoms with van der Waals surface area (Å²) in [7, 11) is -3.24. The second-order valence-electron chi connectivity index (χ2n) is 8.01. The number of hydrogen-bond acceptors (Lipinski definition) is 5. The van der Waals surface area contributed by atoms with Gasteiger partial charge in [-0.25, -0.2) is 13.2 Å². The molecule has 0 radical (unpaired) electrons. The zero-order valence-electron chi connectivity index (χ0n) is 17.4. The highest BCUT2D eigenvalue weighted by molar-refractivity contribution is 7.92. The number of hydrogen-bond donors (Lipinski definition) is 1. The van der Waals surface area contributed by atoms with Crippen molar-refractivity contribution < 1.29 is 31.5 Å². The Morgan fingerprint density at radius 3 is 2.31 bits per heavy atom. The average molecular weight is 472 g/mol. The van der Waals surface area contributed by atoms with Gasteiger partial charge in [-0.05, 0) is 49.2 Å². The predicted octanol–water partition coefficient (Wildman–Crippen LogP) is 3.03. The molecule has 2 aliphatic heterocycles. The van der Waals surface area contributed by atoms with Crippen LogP contribution in [0.25, 0.3) is 0 Å². The van der Waals surface area contributed by atoms with Gasteiger partial charge in [-0.3, -0.25) is 14.2 Å². The van der Waals surface area contributed by atoms with E-state index in [0.717, 1.165) is 38.2 Å². The molecule has 32 heavy (non-hydrogen) atoms. The fourth-order valence-electron chi connectivity index (χ4n) is 4.20. The van der Waals surface area contributed by atoms with E-state index in [0.29, 0.717) is 6.54 Å². The molecule has 11 heteroatoms. The van der Waals surface area contributed by atoms with E-state index < -0.39 is 22.2 Å². The molecule has 1 fully saturated rings. The number of carboxylic acids is 1. The van der Waals surface area contributed by atoms with Crippen molar-refractivity contribution in [2.75, 3.05) is 30.2 Å². The Morgan fingerprint density at radius 2 is 1.78 bits per heavy atom. The minimum atomic E-state index is -5.08. The summed E-state index contributed by atoms with van der Waals surface area (Å²) in [6.45, 7) is 3.43. The zero-order chi connectivity index (χ0) is 23.6. The summed E-state index contributed by atoms with van der Waals surface area (Å²) in [5.74, 6) is -2.76. The average Bonchev–Trinajstić information content (AvgIpc) is 3.05. The Morgan fingerprint density at radius 1 is 1.16 bits per heavy atom.